The van der Waals surface area contributed by atoms with E-state index in [0.717, 1.165) is 17.5 Å². The first-order chi connectivity index (χ1) is 8.01. The Balaban J connectivity index is 3.27. The van der Waals surface area contributed by atoms with Crippen molar-refractivity contribution >= 4 is 0 Å². The lowest BCUT2D eigenvalue weighted by atomic mass is 9.93. The van der Waals surface area contributed by atoms with Gasteiger partial charge in [-0.1, -0.05) is 18.6 Å². The van der Waals surface area contributed by atoms with Gasteiger partial charge in [0.05, 0.1) is 12.7 Å². The molecule has 0 amide bonds. The molecule has 0 fully saturated rings. The molecule has 2 nitrogen and oxygen atoms in total. The lowest BCUT2D eigenvalue weighted by Crippen LogP contribution is -2.07. The summed E-state index contributed by atoms with van der Waals surface area (Å²) in [6.45, 7) is 4.31. The average Bonchev–Trinajstić information content (AvgIpc) is 2.28. The summed E-state index contributed by atoms with van der Waals surface area (Å²) in [5.41, 5.74) is 7.10. The minimum atomic E-state index is -2.52. The van der Waals surface area contributed by atoms with E-state index in [1.54, 1.807) is 0 Å². The van der Waals surface area contributed by atoms with Crippen LogP contribution in [0, 0.1) is 6.92 Å². The summed E-state index contributed by atoms with van der Waals surface area (Å²) < 4.78 is 31.0. The minimum Gasteiger partial charge on any atom is -0.496 e. The molecule has 4 heteroatoms. The fourth-order valence-corrected chi connectivity index (χ4v) is 2.00. The fourth-order valence-electron chi connectivity index (χ4n) is 2.00. The molecule has 17 heavy (non-hydrogen) atoms. The summed E-state index contributed by atoms with van der Waals surface area (Å²) in [6, 6.07) is 3.37. The largest absolute Gasteiger partial charge is 0.496 e. The summed E-state index contributed by atoms with van der Waals surface area (Å²) >= 11 is 0. The number of benzene rings is 1. The molecule has 0 radical (unpaired) electrons. The third kappa shape index (κ3) is 3.16. The standard InChI is InChI=1S/C13H19F2NO/c1-8-6-10(9(2)4-5-16)12(17-3)11(7-8)13(14)15/h6-7,9,13H,4-5,16H2,1-3H3. The molecule has 0 heterocycles. The van der Waals surface area contributed by atoms with Crippen molar-refractivity contribution in [2.24, 2.45) is 5.73 Å². The molecule has 0 spiro atoms. The number of hydrogen-bond acceptors (Lipinski definition) is 2. The average molecular weight is 243 g/mol. The highest BCUT2D eigenvalue weighted by atomic mass is 19.3. The summed E-state index contributed by atoms with van der Waals surface area (Å²) in [7, 11) is 1.43. The molecule has 0 aliphatic heterocycles. The summed E-state index contributed by atoms with van der Waals surface area (Å²) in [6.07, 6.45) is -1.77. The maximum absolute atomic E-state index is 12.9. The number of nitrogens with two attached hydrogens (primary N) is 1. The van der Waals surface area contributed by atoms with E-state index in [1.165, 1.54) is 13.2 Å². The second-order valence-electron chi connectivity index (χ2n) is 4.26. The van der Waals surface area contributed by atoms with Crippen LogP contribution in [0.5, 0.6) is 5.75 Å². The Bertz CT molecular complexity index is 380. The molecule has 0 aliphatic rings. The van der Waals surface area contributed by atoms with Crippen LogP contribution in [0.2, 0.25) is 0 Å². The van der Waals surface area contributed by atoms with E-state index in [-0.39, 0.29) is 11.5 Å². The summed E-state index contributed by atoms with van der Waals surface area (Å²) in [4.78, 5) is 0. The van der Waals surface area contributed by atoms with Crippen molar-refractivity contribution < 1.29 is 13.5 Å². The minimum absolute atomic E-state index is 0.0358. The molecule has 1 aromatic rings. The maximum atomic E-state index is 12.9. The van der Waals surface area contributed by atoms with Crippen molar-refractivity contribution in [3.8, 4) is 5.75 Å². The zero-order valence-electron chi connectivity index (χ0n) is 10.5. The van der Waals surface area contributed by atoms with Crippen molar-refractivity contribution in [2.75, 3.05) is 13.7 Å². The van der Waals surface area contributed by atoms with E-state index in [1.807, 2.05) is 19.9 Å². The van der Waals surface area contributed by atoms with Crippen LogP contribution in [-0.2, 0) is 0 Å². The van der Waals surface area contributed by atoms with Gasteiger partial charge in [-0.05, 0) is 37.4 Å². The predicted molar refractivity (Wildman–Crippen MR) is 64.8 cm³/mol. The Morgan fingerprint density at radius 2 is 1.88 bits per heavy atom. The van der Waals surface area contributed by atoms with E-state index < -0.39 is 6.43 Å². The Kier molecular flexibility index (Phi) is 4.87. The highest BCUT2D eigenvalue weighted by Gasteiger charge is 2.20. The predicted octanol–water partition coefficient (Wildman–Crippen LogP) is 3.39. The van der Waals surface area contributed by atoms with Gasteiger partial charge < -0.3 is 10.5 Å². The quantitative estimate of drug-likeness (QED) is 0.860. The zero-order valence-corrected chi connectivity index (χ0v) is 10.5. The Hall–Kier alpha value is -1.16. The topological polar surface area (TPSA) is 35.2 Å². The molecule has 1 rings (SSSR count). The summed E-state index contributed by atoms with van der Waals surface area (Å²) in [5.74, 6) is 0.416. The molecule has 0 saturated heterocycles. The molecule has 0 bridgehead atoms. The van der Waals surface area contributed by atoms with Gasteiger partial charge in [-0.15, -0.1) is 0 Å². The number of rotatable bonds is 5. The fraction of sp³-hybridized carbons (Fsp3) is 0.538. The number of alkyl halides is 2. The van der Waals surface area contributed by atoms with Gasteiger partial charge in [0, 0.05) is 0 Å². The third-order valence-corrected chi connectivity index (χ3v) is 2.86. The number of hydrogen-bond donors (Lipinski definition) is 1. The molecular formula is C13H19F2NO. The van der Waals surface area contributed by atoms with Crippen molar-refractivity contribution in [3.63, 3.8) is 0 Å². The van der Waals surface area contributed by atoms with Crippen LogP contribution in [0.1, 0.15) is 42.4 Å². The second-order valence-corrected chi connectivity index (χ2v) is 4.26. The van der Waals surface area contributed by atoms with Gasteiger partial charge in [0.1, 0.15) is 5.75 Å². The molecule has 2 N–H and O–H groups in total. The van der Waals surface area contributed by atoms with Crippen LogP contribution in [0.25, 0.3) is 0 Å². The van der Waals surface area contributed by atoms with Crippen LogP contribution in [0.4, 0.5) is 8.78 Å². The molecular weight excluding hydrogens is 224 g/mol. The first-order valence-electron chi connectivity index (χ1n) is 5.67. The first-order valence-corrected chi connectivity index (χ1v) is 5.67. The van der Waals surface area contributed by atoms with E-state index in [2.05, 4.69) is 0 Å². The lowest BCUT2D eigenvalue weighted by molar-refractivity contribution is 0.146. The van der Waals surface area contributed by atoms with Gasteiger partial charge in [0.15, 0.2) is 0 Å². The van der Waals surface area contributed by atoms with Crippen LogP contribution in [0.3, 0.4) is 0 Å². The Labute approximate surface area is 101 Å². The highest BCUT2D eigenvalue weighted by molar-refractivity contribution is 5.46. The second kappa shape index (κ2) is 5.96. The SMILES string of the molecule is COc1c(C(F)F)cc(C)cc1C(C)CCN. The number of methoxy groups -OCH3 is 1. The number of halogens is 2. The van der Waals surface area contributed by atoms with Crippen LogP contribution < -0.4 is 10.5 Å². The molecule has 0 saturated carbocycles. The van der Waals surface area contributed by atoms with Gasteiger partial charge >= 0.3 is 0 Å². The summed E-state index contributed by atoms with van der Waals surface area (Å²) in [5, 5.41) is 0. The van der Waals surface area contributed by atoms with E-state index in [0.29, 0.717) is 12.3 Å². The van der Waals surface area contributed by atoms with Crippen LogP contribution >= 0.6 is 0 Å². The molecule has 1 atom stereocenters. The Morgan fingerprint density at radius 1 is 1.29 bits per heavy atom. The molecule has 0 aromatic heterocycles. The van der Waals surface area contributed by atoms with Gasteiger partial charge in [-0.2, -0.15) is 0 Å². The normalized spacial score (nSPS) is 12.9. The van der Waals surface area contributed by atoms with Crippen LogP contribution in [0.15, 0.2) is 12.1 Å². The molecule has 1 aromatic carbocycles. The smallest absolute Gasteiger partial charge is 0.267 e. The van der Waals surface area contributed by atoms with Crippen molar-refractivity contribution in [2.45, 2.75) is 32.6 Å². The third-order valence-electron chi connectivity index (χ3n) is 2.86. The van der Waals surface area contributed by atoms with E-state index in [9.17, 15) is 8.78 Å². The lowest BCUT2D eigenvalue weighted by Gasteiger charge is -2.19. The molecule has 96 valence electrons. The van der Waals surface area contributed by atoms with Crippen molar-refractivity contribution in [1.82, 2.24) is 0 Å². The van der Waals surface area contributed by atoms with Crippen molar-refractivity contribution in [3.05, 3.63) is 28.8 Å². The van der Waals surface area contributed by atoms with Gasteiger partial charge in [-0.25, -0.2) is 8.78 Å². The zero-order chi connectivity index (χ0) is 13.0. The molecule has 0 aliphatic carbocycles. The number of ether oxygens (including phenoxy) is 1. The van der Waals surface area contributed by atoms with Gasteiger partial charge in [0.25, 0.3) is 6.43 Å². The monoisotopic (exact) mass is 243 g/mol. The van der Waals surface area contributed by atoms with E-state index in [4.69, 9.17) is 10.5 Å². The number of aryl methyl sites for hydroxylation is 1. The molecule has 1 unspecified atom stereocenters. The van der Waals surface area contributed by atoms with Crippen LogP contribution in [-0.4, -0.2) is 13.7 Å². The van der Waals surface area contributed by atoms with Gasteiger partial charge in [0.2, 0.25) is 0 Å². The first kappa shape index (κ1) is 13.9. The maximum Gasteiger partial charge on any atom is 0.267 e. The highest BCUT2D eigenvalue weighted by Crippen LogP contribution is 2.37. The Morgan fingerprint density at radius 3 is 2.35 bits per heavy atom. The van der Waals surface area contributed by atoms with E-state index >= 15 is 0 Å². The van der Waals surface area contributed by atoms with Crippen molar-refractivity contribution in [1.29, 1.82) is 0 Å². The van der Waals surface area contributed by atoms with Gasteiger partial charge in [-0.3, -0.25) is 0 Å².